The van der Waals surface area contributed by atoms with Gasteiger partial charge < -0.3 is 19.9 Å². The molecule has 0 unspecified atom stereocenters. The highest BCUT2D eigenvalue weighted by atomic mass is 16.7. The molecule has 24 heavy (non-hydrogen) atoms. The Balaban J connectivity index is 1.71. The zero-order valence-corrected chi connectivity index (χ0v) is 12.5. The van der Waals surface area contributed by atoms with Gasteiger partial charge in [-0.15, -0.1) is 0 Å². The fraction of sp³-hybridized carbons (Fsp3) is 0.125. The molecular weight excluding hydrogens is 316 g/mol. The number of carboxylic acid groups (broad SMARTS) is 2. The first kappa shape index (κ1) is 16.9. The lowest BCUT2D eigenvalue weighted by Gasteiger charge is -2.01. The summed E-state index contributed by atoms with van der Waals surface area (Å²) >= 11 is 0. The van der Waals surface area contributed by atoms with Gasteiger partial charge in [0.2, 0.25) is 0 Å². The van der Waals surface area contributed by atoms with Crippen LogP contribution in [0.3, 0.4) is 0 Å². The third kappa shape index (κ3) is 5.09. The number of carbonyl (C=O) groups is 2. The molecule has 0 saturated heterocycles. The summed E-state index contributed by atoms with van der Waals surface area (Å²) in [6.45, 7) is 0.250. The lowest BCUT2D eigenvalue weighted by atomic mass is 10.1. The van der Waals surface area contributed by atoms with E-state index < -0.39 is 11.9 Å². The van der Waals surface area contributed by atoms with Crippen LogP contribution in [-0.4, -0.2) is 22.2 Å². The molecule has 0 amide bonds. The van der Waals surface area contributed by atoms with Gasteiger partial charge in [0.1, 0.15) is 13.2 Å². The lowest BCUT2D eigenvalue weighted by Crippen LogP contribution is -1.96. The van der Waals surface area contributed by atoms with Crippen molar-refractivity contribution in [1.82, 2.24) is 0 Å². The van der Waals surface area contributed by atoms with Crippen LogP contribution >= 0.6 is 0 Å². The van der Waals surface area contributed by atoms with Crippen LogP contribution in [0.15, 0.2) is 59.1 Å². The van der Waals surface area contributed by atoms with E-state index in [1.807, 2.05) is 0 Å². The molecule has 0 atom stereocenters. The second-order valence-corrected chi connectivity index (χ2v) is 4.71. The average Bonchev–Trinajstić information content (AvgIpc) is 2.58. The van der Waals surface area contributed by atoms with Crippen LogP contribution in [0, 0.1) is 0 Å². The Kier molecular flexibility index (Phi) is 5.84. The molecule has 2 N–H and O–H groups in total. The molecule has 0 bridgehead atoms. The van der Waals surface area contributed by atoms with Gasteiger partial charge in [-0.3, -0.25) is 0 Å². The fourth-order valence-corrected chi connectivity index (χ4v) is 1.74. The van der Waals surface area contributed by atoms with E-state index in [9.17, 15) is 9.59 Å². The number of carboxylic acids is 2. The Labute approximate surface area is 136 Å². The first-order valence-corrected chi connectivity index (χ1v) is 6.85. The number of nitrogens with zero attached hydrogens (tertiary/aromatic N) is 2. The lowest BCUT2D eigenvalue weighted by molar-refractivity contribution is 0.0269. The molecule has 2 aromatic rings. The normalized spacial score (nSPS) is 10.5. The molecule has 0 aliphatic carbocycles. The summed E-state index contributed by atoms with van der Waals surface area (Å²) in [4.78, 5) is 31.2. The van der Waals surface area contributed by atoms with Crippen LogP contribution < -0.4 is 0 Å². The topological polar surface area (TPSA) is 118 Å². The molecule has 0 aromatic heterocycles. The molecule has 0 aliphatic heterocycles. The quantitative estimate of drug-likeness (QED) is 0.567. The Bertz CT molecular complexity index is 662. The van der Waals surface area contributed by atoms with Crippen molar-refractivity contribution in [3.05, 3.63) is 70.8 Å². The summed E-state index contributed by atoms with van der Waals surface area (Å²) in [5.41, 5.74) is 1.86. The summed E-state index contributed by atoms with van der Waals surface area (Å²) in [6, 6.07) is 12.3. The summed E-state index contributed by atoms with van der Waals surface area (Å²) < 4.78 is 0. The molecule has 0 fully saturated rings. The molecule has 0 saturated carbocycles. The van der Waals surface area contributed by atoms with Crippen LogP contribution in [0.4, 0.5) is 0 Å². The van der Waals surface area contributed by atoms with E-state index in [-0.39, 0.29) is 24.3 Å². The molecule has 8 nitrogen and oxygen atoms in total. The zero-order chi connectivity index (χ0) is 17.4. The average molecular weight is 330 g/mol. The highest BCUT2D eigenvalue weighted by molar-refractivity contribution is 5.87. The number of rotatable bonds is 8. The SMILES string of the molecule is O=C(O)c1ccc(CON=NOCc2ccc(C(=O)O)cc2)cc1. The predicted octanol–water partition coefficient (Wildman–Crippen LogP) is 3.10. The Morgan fingerprint density at radius 1 is 0.708 bits per heavy atom. The van der Waals surface area contributed by atoms with Crippen molar-refractivity contribution >= 4 is 11.9 Å². The molecular formula is C16H14N2O6. The third-order valence-corrected chi connectivity index (χ3v) is 3.01. The Hall–Kier alpha value is -3.42. The van der Waals surface area contributed by atoms with Gasteiger partial charge >= 0.3 is 11.9 Å². The maximum absolute atomic E-state index is 10.7. The van der Waals surface area contributed by atoms with Gasteiger partial charge in [-0.1, -0.05) is 24.3 Å². The summed E-state index contributed by atoms with van der Waals surface area (Å²) in [7, 11) is 0. The minimum Gasteiger partial charge on any atom is -0.478 e. The van der Waals surface area contributed by atoms with Gasteiger partial charge in [-0.25, -0.2) is 9.59 Å². The first-order valence-electron chi connectivity index (χ1n) is 6.85. The molecule has 2 aromatic carbocycles. The highest BCUT2D eigenvalue weighted by Crippen LogP contribution is 2.07. The number of hydrogen-bond acceptors (Lipinski definition) is 6. The molecule has 0 heterocycles. The predicted molar refractivity (Wildman–Crippen MR) is 81.2 cm³/mol. The largest absolute Gasteiger partial charge is 0.478 e. The summed E-state index contributed by atoms with van der Waals surface area (Å²) in [5, 5.41) is 24.3. The maximum atomic E-state index is 10.7. The fourth-order valence-electron chi connectivity index (χ4n) is 1.74. The molecule has 124 valence electrons. The van der Waals surface area contributed by atoms with Crippen LogP contribution in [-0.2, 0) is 22.9 Å². The maximum Gasteiger partial charge on any atom is 0.335 e. The van der Waals surface area contributed by atoms with Crippen molar-refractivity contribution in [3.63, 3.8) is 0 Å². The molecule has 8 heteroatoms. The smallest absolute Gasteiger partial charge is 0.335 e. The Morgan fingerprint density at radius 2 is 1.04 bits per heavy atom. The number of aromatic carboxylic acids is 2. The van der Waals surface area contributed by atoms with Crippen molar-refractivity contribution in [2.24, 2.45) is 10.6 Å². The summed E-state index contributed by atoms with van der Waals surface area (Å²) in [5.74, 6) is -1.99. The first-order chi connectivity index (χ1) is 11.6. The van der Waals surface area contributed by atoms with E-state index in [0.29, 0.717) is 0 Å². The van der Waals surface area contributed by atoms with Crippen LogP contribution in [0.1, 0.15) is 31.8 Å². The van der Waals surface area contributed by atoms with E-state index in [0.717, 1.165) is 11.1 Å². The second kappa shape index (κ2) is 8.28. The highest BCUT2D eigenvalue weighted by Gasteiger charge is 2.02. The van der Waals surface area contributed by atoms with Crippen LogP contribution in [0.2, 0.25) is 0 Å². The van der Waals surface area contributed by atoms with Crippen molar-refractivity contribution in [3.8, 4) is 0 Å². The van der Waals surface area contributed by atoms with E-state index in [1.165, 1.54) is 24.3 Å². The van der Waals surface area contributed by atoms with Crippen LogP contribution in [0.25, 0.3) is 0 Å². The minimum absolute atomic E-state index is 0.125. The molecule has 0 radical (unpaired) electrons. The molecule has 2 rings (SSSR count). The minimum atomic E-state index is -0.994. The van der Waals surface area contributed by atoms with Crippen LogP contribution in [0.5, 0.6) is 0 Å². The zero-order valence-electron chi connectivity index (χ0n) is 12.5. The van der Waals surface area contributed by atoms with Crippen molar-refractivity contribution in [1.29, 1.82) is 0 Å². The van der Waals surface area contributed by atoms with Gasteiger partial charge in [0.25, 0.3) is 0 Å². The van der Waals surface area contributed by atoms with E-state index in [1.54, 1.807) is 24.3 Å². The van der Waals surface area contributed by atoms with Crippen molar-refractivity contribution in [2.45, 2.75) is 13.2 Å². The third-order valence-electron chi connectivity index (χ3n) is 3.01. The van der Waals surface area contributed by atoms with Gasteiger partial charge in [0.05, 0.1) is 21.7 Å². The van der Waals surface area contributed by atoms with E-state index >= 15 is 0 Å². The van der Waals surface area contributed by atoms with Gasteiger partial charge in [-0.05, 0) is 35.4 Å². The Morgan fingerprint density at radius 3 is 1.33 bits per heavy atom. The van der Waals surface area contributed by atoms with E-state index in [2.05, 4.69) is 10.6 Å². The molecule has 0 aliphatic rings. The number of benzene rings is 2. The number of hydrogen-bond donors (Lipinski definition) is 2. The molecule has 0 spiro atoms. The van der Waals surface area contributed by atoms with Crippen molar-refractivity contribution in [2.75, 3.05) is 0 Å². The van der Waals surface area contributed by atoms with Gasteiger partial charge in [-0.2, -0.15) is 0 Å². The van der Waals surface area contributed by atoms with Crippen molar-refractivity contribution < 1.29 is 29.5 Å². The van der Waals surface area contributed by atoms with E-state index in [4.69, 9.17) is 19.9 Å². The summed E-state index contributed by atoms with van der Waals surface area (Å²) in [6.07, 6.45) is 0. The standard InChI is InChI=1S/C16H14N2O6/c19-15(20)13-5-1-11(2-6-13)9-23-17-18-24-10-12-3-7-14(8-4-12)16(21)22/h1-8H,9-10H2,(H,19,20)(H,21,22). The second-order valence-electron chi connectivity index (χ2n) is 4.71. The van der Waals surface area contributed by atoms with Gasteiger partial charge in [0, 0.05) is 0 Å². The van der Waals surface area contributed by atoms with Gasteiger partial charge in [0.15, 0.2) is 0 Å². The monoisotopic (exact) mass is 330 g/mol.